The second-order valence-electron chi connectivity index (χ2n) is 8.69. The van der Waals surface area contributed by atoms with Crippen LogP contribution >= 0.6 is 0 Å². The Bertz CT molecular complexity index is 1500. The van der Waals surface area contributed by atoms with Crippen molar-refractivity contribution in [1.82, 2.24) is 16.1 Å². The Hall–Kier alpha value is -5.06. The topological polar surface area (TPSA) is 137 Å². The largest absolute Gasteiger partial charge is 0.493 e. The molecule has 3 aromatic carbocycles. The van der Waals surface area contributed by atoms with Crippen LogP contribution in [0.1, 0.15) is 31.0 Å². The predicted molar refractivity (Wildman–Crippen MR) is 148 cm³/mol. The summed E-state index contributed by atoms with van der Waals surface area (Å²) in [5, 5.41) is 11.3. The third-order valence-electron chi connectivity index (χ3n) is 6.17. The van der Waals surface area contributed by atoms with Gasteiger partial charge in [-0.25, -0.2) is 15.0 Å². The fourth-order valence-electron chi connectivity index (χ4n) is 4.34. The van der Waals surface area contributed by atoms with Crippen LogP contribution < -0.4 is 30.3 Å². The number of rotatable bonds is 10. The molecule has 3 N–H and O–H groups in total. The molecule has 1 atom stereocenters. The SMILES string of the molecule is CCOc1ccc2ccccc2c1/C=N\NC(=O)COc1ccc([C@H]2NC(=O)NC(C)=C2C(=O)OC)cc1OC. The van der Waals surface area contributed by atoms with Gasteiger partial charge in [-0.3, -0.25) is 4.79 Å². The van der Waals surface area contributed by atoms with Gasteiger partial charge in [0.2, 0.25) is 0 Å². The first-order valence-electron chi connectivity index (χ1n) is 12.5. The van der Waals surface area contributed by atoms with Crippen LogP contribution in [0.3, 0.4) is 0 Å². The molecule has 0 spiro atoms. The highest BCUT2D eigenvalue weighted by Gasteiger charge is 2.32. The summed E-state index contributed by atoms with van der Waals surface area (Å²) in [6.07, 6.45) is 1.54. The minimum atomic E-state index is -0.766. The molecule has 208 valence electrons. The molecule has 3 aromatic rings. The van der Waals surface area contributed by atoms with Gasteiger partial charge in [-0.1, -0.05) is 36.4 Å². The lowest BCUT2D eigenvalue weighted by Crippen LogP contribution is -2.45. The standard InChI is InChI=1S/C29H30N4O7/c1-5-39-22-12-10-18-8-6-7-9-20(18)21(22)15-30-33-25(34)16-40-23-13-11-19(14-24(23)37-3)27-26(28(35)38-4)17(2)31-29(36)32-27/h6-15,27H,5,16H2,1-4H3,(H,33,34)(H2,31,32,36)/b30-15-/t27-/m1/s1. The minimum absolute atomic E-state index is 0.258. The molecular formula is C29H30N4O7. The molecular weight excluding hydrogens is 516 g/mol. The van der Waals surface area contributed by atoms with E-state index < -0.39 is 23.9 Å². The van der Waals surface area contributed by atoms with Gasteiger partial charge in [-0.15, -0.1) is 0 Å². The Morgan fingerprint density at radius 2 is 1.80 bits per heavy atom. The molecule has 0 saturated carbocycles. The first-order chi connectivity index (χ1) is 19.4. The van der Waals surface area contributed by atoms with Crippen LogP contribution in [0.4, 0.5) is 4.79 Å². The van der Waals surface area contributed by atoms with Crippen molar-refractivity contribution in [3.05, 3.63) is 77.0 Å². The highest BCUT2D eigenvalue weighted by atomic mass is 16.5. The fraction of sp³-hybridized carbons (Fsp3) is 0.241. The zero-order chi connectivity index (χ0) is 28.6. The van der Waals surface area contributed by atoms with E-state index in [4.69, 9.17) is 18.9 Å². The van der Waals surface area contributed by atoms with Gasteiger partial charge in [-0.2, -0.15) is 5.10 Å². The Morgan fingerprint density at radius 1 is 1.02 bits per heavy atom. The zero-order valence-corrected chi connectivity index (χ0v) is 22.6. The third-order valence-corrected chi connectivity index (χ3v) is 6.17. The average molecular weight is 547 g/mol. The highest BCUT2D eigenvalue weighted by Crippen LogP contribution is 2.34. The van der Waals surface area contributed by atoms with Crippen molar-refractivity contribution < 1.29 is 33.3 Å². The Balaban J connectivity index is 1.45. The smallest absolute Gasteiger partial charge is 0.337 e. The third kappa shape index (κ3) is 6.15. The van der Waals surface area contributed by atoms with E-state index in [1.807, 2.05) is 43.3 Å². The van der Waals surface area contributed by atoms with Gasteiger partial charge in [-0.05, 0) is 48.4 Å². The van der Waals surface area contributed by atoms with Gasteiger partial charge in [0, 0.05) is 11.3 Å². The molecule has 0 bridgehead atoms. The first kappa shape index (κ1) is 28.0. The highest BCUT2D eigenvalue weighted by molar-refractivity contribution is 6.02. The fourth-order valence-corrected chi connectivity index (χ4v) is 4.34. The van der Waals surface area contributed by atoms with Crippen LogP contribution in [0.2, 0.25) is 0 Å². The molecule has 0 aliphatic carbocycles. The molecule has 0 saturated heterocycles. The second-order valence-corrected chi connectivity index (χ2v) is 8.69. The number of carbonyl (C=O) groups is 3. The van der Waals surface area contributed by atoms with Gasteiger partial charge < -0.3 is 29.6 Å². The monoisotopic (exact) mass is 546 g/mol. The molecule has 40 heavy (non-hydrogen) atoms. The van der Waals surface area contributed by atoms with E-state index in [0.717, 1.165) is 16.3 Å². The van der Waals surface area contributed by atoms with Crippen LogP contribution in [-0.2, 0) is 14.3 Å². The number of hydrogen-bond acceptors (Lipinski definition) is 8. The van der Waals surface area contributed by atoms with E-state index in [-0.39, 0.29) is 12.2 Å². The molecule has 3 amide bonds. The van der Waals surface area contributed by atoms with Crippen molar-refractivity contribution in [2.24, 2.45) is 5.10 Å². The summed E-state index contributed by atoms with van der Waals surface area (Å²) in [7, 11) is 2.71. The summed E-state index contributed by atoms with van der Waals surface area (Å²) in [6, 6.07) is 15.3. The maximum absolute atomic E-state index is 12.5. The average Bonchev–Trinajstić information content (AvgIpc) is 2.96. The number of carbonyl (C=O) groups excluding carboxylic acids is 3. The van der Waals surface area contributed by atoms with Crippen LogP contribution in [0, 0.1) is 0 Å². The Morgan fingerprint density at radius 3 is 2.55 bits per heavy atom. The summed E-state index contributed by atoms with van der Waals surface area (Å²) in [5.41, 5.74) is 4.42. The number of fused-ring (bicyclic) bond motifs is 1. The molecule has 1 aliphatic rings. The molecule has 0 aromatic heterocycles. The van der Waals surface area contributed by atoms with Crippen molar-refractivity contribution in [2.45, 2.75) is 19.9 Å². The lowest BCUT2D eigenvalue weighted by atomic mass is 9.95. The van der Waals surface area contributed by atoms with Gasteiger partial charge in [0.1, 0.15) is 5.75 Å². The van der Waals surface area contributed by atoms with Crippen molar-refractivity contribution in [3.63, 3.8) is 0 Å². The number of urea groups is 1. The summed E-state index contributed by atoms with van der Waals surface area (Å²) >= 11 is 0. The van der Waals surface area contributed by atoms with Crippen molar-refractivity contribution in [2.75, 3.05) is 27.4 Å². The number of esters is 1. The Labute approximate surface area is 231 Å². The number of amides is 3. The van der Waals surface area contributed by atoms with Crippen LogP contribution in [0.25, 0.3) is 10.8 Å². The molecule has 11 heteroatoms. The molecule has 1 heterocycles. The normalized spacial score (nSPS) is 14.9. The summed E-state index contributed by atoms with van der Waals surface area (Å²) in [6.45, 7) is 3.67. The van der Waals surface area contributed by atoms with Gasteiger partial charge in [0.05, 0.1) is 38.7 Å². The Kier molecular flexibility index (Phi) is 8.85. The molecule has 1 aliphatic heterocycles. The van der Waals surface area contributed by atoms with E-state index in [9.17, 15) is 14.4 Å². The number of ether oxygens (including phenoxy) is 4. The van der Waals surface area contributed by atoms with E-state index in [1.54, 1.807) is 31.3 Å². The van der Waals surface area contributed by atoms with Gasteiger partial charge in [0.25, 0.3) is 5.91 Å². The maximum atomic E-state index is 12.5. The molecule has 11 nitrogen and oxygen atoms in total. The van der Waals surface area contributed by atoms with Crippen LogP contribution in [0.15, 0.2) is 71.0 Å². The maximum Gasteiger partial charge on any atom is 0.337 e. The molecule has 0 fully saturated rings. The summed E-state index contributed by atoms with van der Waals surface area (Å²) in [4.78, 5) is 36.9. The molecule has 4 rings (SSSR count). The minimum Gasteiger partial charge on any atom is -0.493 e. The number of benzene rings is 3. The van der Waals surface area contributed by atoms with E-state index >= 15 is 0 Å². The number of nitrogens with one attached hydrogen (secondary N) is 3. The summed E-state index contributed by atoms with van der Waals surface area (Å²) < 4.78 is 21.7. The summed E-state index contributed by atoms with van der Waals surface area (Å²) in [5.74, 6) is 0.186. The van der Waals surface area contributed by atoms with E-state index in [2.05, 4.69) is 21.2 Å². The number of hydrazone groups is 1. The number of nitrogens with zero attached hydrogens (tertiary/aromatic N) is 1. The number of hydrogen-bond donors (Lipinski definition) is 3. The quantitative estimate of drug-likeness (QED) is 0.201. The van der Waals surface area contributed by atoms with Crippen molar-refractivity contribution in [3.8, 4) is 17.2 Å². The van der Waals surface area contributed by atoms with E-state index in [1.165, 1.54) is 14.2 Å². The lowest BCUT2D eigenvalue weighted by Gasteiger charge is -2.28. The predicted octanol–water partition coefficient (Wildman–Crippen LogP) is 3.58. The van der Waals surface area contributed by atoms with E-state index in [0.29, 0.717) is 35.1 Å². The second kappa shape index (κ2) is 12.7. The lowest BCUT2D eigenvalue weighted by molar-refractivity contribution is -0.136. The van der Waals surface area contributed by atoms with Crippen molar-refractivity contribution in [1.29, 1.82) is 0 Å². The number of allylic oxidation sites excluding steroid dienone is 1. The van der Waals surface area contributed by atoms with Gasteiger partial charge >= 0.3 is 12.0 Å². The first-order valence-corrected chi connectivity index (χ1v) is 12.5. The molecule has 0 unspecified atom stereocenters. The molecule has 0 radical (unpaired) electrons. The van der Waals surface area contributed by atoms with Gasteiger partial charge in [0.15, 0.2) is 18.1 Å². The van der Waals surface area contributed by atoms with Crippen LogP contribution in [-0.4, -0.2) is 51.6 Å². The van der Waals surface area contributed by atoms with Crippen molar-refractivity contribution >= 4 is 34.9 Å². The number of methoxy groups -OCH3 is 2. The van der Waals surface area contributed by atoms with Crippen LogP contribution in [0.5, 0.6) is 17.2 Å². The zero-order valence-electron chi connectivity index (χ0n) is 22.6.